The summed E-state index contributed by atoms with van der Waals surface area (Å²) in [6, 6.07) is 17.3. The van der Waals surface area contributed by atoms with Gasteiger partial charge in [-0.05, 0) is 30.7 Å². The molecule has 0 radical (unpaired) electrons. The monoisotopic (exact) mass is 396 g/mol. The van der Waals surface area contributed by atoms with Gasteiger partial charge >= 0.3 is 0 Å². The summed E-state index contributed by atoms with van der Waals surface area (Å²) in [5.74, 6) is -1.25. The lowest BCUT2D eigenvalue weighted by atomic mass is 10.2. The molecule has 0 spiro atoms. The third kappa shape index (κ3) is 8.25. The molecule has 0 heterocycles. The lowest BCUT2D eigenvalue weighted by Gasteiger charge is -2.09. The van der Waals surface area contributed by atoms with E-state index >= 15 is 0 Å². The predicted molar refractivity (Wildman–Crippen MR) is 108 cm³/mol. The van der Waals surface area contributed by atoms with Crippen LogP contribution < -0.4 is 21.3 Å². The van der Waals surface area contributed by atoms with Crippen LogP contribution in [0.25, 0.3) is 0 Å². The van der Waals surface area contributed by atoms with Crippen LogP contribution in [0.3, 0.4) is 0 Å². The van der Waals surface area contributed by atoms with Crippen molar-refractivity contribution in [1.29, 1.82) is 0 Å². The lowest BCUT2D eigenvalue weighted by Crippen LogP contribution is -2.39. The highest BCUT2D eigenvalue weighted by Gasteiger charge is 2.08. The second kappa shape index (κ2) is 11.9. The normalized spacial score (nSPS) is 9.93. The van der Waals surface area contributed by atoms with E-state index in [4.69, 9.17) is 0 Å². The number of hydrogen-bond acceptors (Lipinski definition) is 4. The van der Waals surface area contributed by atoms with E-state index in [0.29, 0.717) is 30.6 Å². The van der Waals surface area contributed by atoms with Crippen LogP contribution in [0.5, 0.6) is 0 Å². The van der Waals surface area contributed by atoms with Gasteiger partial charge in [-0.1, -0.05) is 36.4 Å². The van der Waals surface area contributed by atoms with Gasteiger partial charge in [0.1, 0.15) is 0 Å². The van der Waals surface area contributed by atoms with Gasteiger partial charge in [0.05, 0.1) is 13.1 Å². The summed E-state index contributed by atoms with van der Waals surface area (Å²) in [6.07, 6.45) is 0.525. The quantitative estimate of drug-likeness (QED) is 0.437. The van der Waals surface area contributed by atoms with E-state index < -0.39 is 0 Å². The van der Waals surface area contributed by atoms with Crippen LogP contribution in [0.4, 0.5) is 0 Å². The molecule has 8 heteroatoms. The van der Waals surface area contributed by atoms with Crippen LogP contribution in [0.2, 0.25) is 0 Å². The Labute approximate surface area is 169 Å². The molecule has 2 rings (SSSR count). The average Bonchev–Trinajstić information content (AvgIpc) is 2.76. The SMILES string of the molecule is O=C(CNC(=O)c1ccccc1)NCCCNC(=O)CNC(=O)c1ccccc1. The molecule has 0 aliphatic rings. The van der Waals surface area contributed by atoms with E-state index in [0.717, 1.165) is 0 Å². The summed E-state index contributed by atoms with van der Waals surface area (Å²) in [5.41, 5.74) is 0.977. The zero-order chi connectivity index (χ0) is 20.9. The molecule has 0 saturated heterocycles. The predicted octanol–water partition coefficient (Wildman–Crippen LogP) is 0.469. The minimum atomic E-state index is -0.314. The molecule has 152 valence electrons. The second-order valence-corrected chi connectivity index (χ2v) is 6.15. The van der Waals surface area contributed by atoms with Gasteiger partial charge in [-0.25, -0.2) is 0 Å². The number of carbonyl (C=O) groups excluding carboxylic acids is 4. The maximum Gasteiger partial charge on any atom is 0.251 e. The first-order chi connectivity index (χ1) is 14.1. The van der Waals surface area contributed by atoms with Crippen LogP contribution in [-0.2, 0) is 9.59 Å². The topological polar surface area (TPSA) is 116 Å². The van der Waals surface area contributed by atoms with Gasteiger partial charge in [-0.15, -0.1) is 0 Å². The van der Waals surface area contributed by atoms with Crippen molar-refractivity contribution in [3.05, 3.63) is 71.8 Å². The van der Waals surface area contributed by atoms with E-state index in [9.17, 15) is 19.2 Å². The maximum absolute atomic E-state index is 11.8. The number of carbonyl (C=O) groups is 4. The first kappa shape index (κ1) is 21.6. The summed E-state index contributed by atoms with van der Waals surface area (Å²) in [6.45, 7) is 0.477. The molecule has 2 aromatic carbocycles. The van der Waals surface area contributed by atoms with Crippen molar-refractivity contribution in [2.75, 3.05) is 26.2 Å². The minimum Gasteiger partial charge on any atom is -0.355 e. The molecule has 0 unspecified atom stereocenters. The highest BCUT2D eigenvalue weighted by molar-refractivity contribution is 5.97. The summed E-state index contributed by atoms with van der Waals surface area (Å²) in [4.78, 5) is 47.1. The zero-order valence-electron chi connectivity index (χ0n) is 15.9. The Hall–Kier alpha value is -3.68. The second-order valence-electron chi connectivity index (χ2n) is 6.15. The van der Waals surface area contributed by atoms with E-state index in [2.05, 4.69) is 21.3 Å². The van der Waals surface area contributed by atoms with Crippen molar-refractivity contribution in [3.63, 3.8) is 0 Å². The average molecular weight is 396 g/mol. The Kier molecular flexibility index (Phi) is 8.88. The van der Waals surface area contributed by atoms with Gasteiger partial charge < -0.3 is 21.3 Å². The summed E-state index contributed by atoms with van der Waals surface area (Å²) >= 11 is 0. The van der Waals surface area contributed by atoms with E-state index in [-0.39, 0.29) is 36.7 Å². The number of rotatable bonds is 10. The summed E-state index contributed by atoms with van der Waals surface area (Å²) < 4.78 is 0. The Bertz CT molecular complexity index is 756. The van der Waals surface area contributed by atoms with Gasteiger partial charge in [-0.2, -0.15) is 0 Å². The molecule has 0 aromatic heterocycles. The van der Waals surface area contributed by atoms with Gasteiger partial charge in [0.15, 0.2) is 0 Å². The fourth-order valence-electron chi connectivity index (χ4n) is 2.37. The minimum absolute atomic E-state index is 0.119. The highest BCUT2D eigenvalue weighted by atomic mass is 16.2. The third-order valence-electron chi connectivity index (χ3n) is 3.89. The maximum atomic E-state index is 11.8. The summed E-state index contributed by atoms with van der Waals surface area (Å²) in [5, 5.41) is 10.4. The molecule has 4 amide bonds. The molecule has 0 bridgehead atoms. The smallest absolute Gasteiger partial charge is 0.251 e. The van der Waals surface area contributed by atoms with Crippen molar-refractivity contribution < 1.29 is 19.2 Å². The van der Waals surface area contributed by atoms with Gasteiger partial charge in [0.25, 0.3) is 11.8 Å². The van der Waals surface area contributed by atoms with Crippen LogP contribution in [-0.4, -0.2) is 49.8 Å². The Balaban J connectivity index is 1.51. The first-order valence-corrected chi connectivity index (χ1v) is 9.26. The van der Waals surface area contributed by atoms with E-state index in [1.54, 1.807) is 60.7 Å². The molecule has 8 nitrogen and oxygen atoms in total. The molecule has 4 N–H and O–H groups in total. The van der Waals surface area contributed by atoms with E-state index in [1.807, 2.05) is 0 Å². The van der Waals surface area contributed by atoms with Crippen molar-refractivity contribution in [1.82, 2.24) is 21.3 Å². The Morgan fingerprint density at radius 2 is 0.931 bits per heavy atom. The number of hydrogen-bond donors (Lipinski definition) is 4. The van der Waals surface area contributed by atoms with Crippen LogP contribution >= 0.6 is 0 Å². The van der Waals surface area contributed by atoms with Gasteiger partial charge in [-0.3, -0.25) is 19.2 Å². The summed E-state index contributed by atoms with van der Waals surface area (Å²) in [7, 11) is 0. The molecule has 0 fully saturated rings. The molecule has 0 aliphatic carbocycles. The number of benzene rings is 2. The van der Waals surface area contributed by atoms with Crippen molar-refractivity contribution in [2.45, 2.75) is 6.42 Å². The fraction of sp³-hybridized carbons (Fsp3) is 0.238. The number of amides is 4. The molecule has 0 atom stereocenters. The molecular weight excluding hydrogens is 372 g/mol. The lowest BCUT2D eigenvalue weighted by molar-refractivity contribution is -0.120. The third-order valence-corrected chi connectivity index (χ3v) is 3.89. The number of nitrogens with one attached hydrogen (secondary N) is 4. The zero-order valence-corrected chi connectivity index (χ0v) is 15.9. The first-order valence-electron chi connectivity index (χ1n) is 9.26. The van der Waals surface area contributed by atoms with Gasteiger partial charge in [0.2, 0.25) is 11.8 Å². The highest BCUT2D eigenvalue weighted by Crippen LogP contribution is 1.98. The van der Waals surface area contributed by atoms with Crippen molar-refractivity contribution in [2.24, 2.45) is 0 Å². The van der Waals surface area contributed by atoms with Gasteiger partial charge in [0, 0.05) is 24.2 Å². The molecule has 0 aliphatic heterocycles. The standard InChI is InChI=1S/C21H24N4O4/c26-18(14-24-20(28)16-8-3-1-4-9-16)22-12-7-13-23-19(27)15-25-21(29)17-10-5-2-6-11-17/h1-6,8-11H,7,12-15H2,(H,22,26)(H,23,27)(H,24,28)(H,25,29). The van der Waals surface area contributed by atoms with Crippen molar-refractivity contribution >= 4 is 23.6 Å². The molecule has 29 heavy (non-hydrogen) atoms. The van der Waals surface area contributed by atoms with Crippen LogP contribution in [0.1, 0.15) is 27.1 Å². The Morgan fingerprint density at radius 1 is 0.552 bits per heavy atom. The molecular formula is C21H24N4O4. The molecule has 0 saturated carbocycles. The van der Waals surface area contributed by atoms with Crippen molar-refractivity contribution in [3.8, 4) is 0 Å². The van der Waals surface area contributed by atoms with E-state index in [1.165, 1.54) is 0 Å². The Morgan fingerprint density at radius 3 is 1.31 bits per heavy atom. The molecule has 2 aromatic rings. The largest absolute Gasteiger partial charge is 0.355 e. The fourth-order valence-corrected chi connectivity index (χ4v) is 2.37. The van der Waals surface area contributed by atoms with Crippen LogP contribution in [0.15, 0.2) is 60.7 Å². The van der Waals surface area contributed by atoms with Crippen LogP contribution in [0, 0.1) is 0 Å².